The Balaban J connectivity index is 1.32. The summed E-state index contributed by atoms with van der Waals surface area (Å²) in [5.41, 5.74) is 4.44. The van der Waals surface area contributed by atoms with Crippen molar-refractivity contribution in [3.63, 3.8) is 0 Å². The summed E-state index contributed by atoms with van der Waals surface area (Å²) >= 11 is 0. The van der Waals surface area contributed by atoms with Crippen LogP contribution in [-0.4, -0.2) is 85.6 Å². The highest BCUT2D eigenvalue weighted by Gasteiger charge is 2.21. The molecule has 3 aromatic rings. The molecule has 4 N–H and O–H groups in total. The molecule has 0 radical (unpaired) electrons. The maximum absolute atomic E-state index is 14.9. The van der Waals surface area contributed by atoms with Crippen LogP contribution < -0.4 is 25.5 Å². The van der Waals surface area contributed by atoms with E-state index in [1.165, 1.54) is 36.4 Å². The average molecular weight is 584 g/mol. The summed E-state index contributed by atoms with van der Waals surface area (Å²) in [6.07, 6.45) is 1.19. The lowest BCUT2D eigenvalue weighted by atomic mass is 10.2. The molecule has 0 spiro atoms. The standard InChI is InChI=1S/C29H35F2N7O4/c1-19-25(41-15-14-37-12-10-36(3)11-13-37)18-38(33-2)28(19)29(32)42-24-9-8-22(16-23(24)31)35-27(40)17-26(39)34-21-6-4-20(30)5-7-21/h4-9,16,18,32-33H,10-15,17H2,1-3H3,(H,34,39)(H,35,40). The number of aromatic nitrogens is 1. The van der Waals surface area contributed by atoms with E-state index in [0.29, 0.717) is 29.3 Å². The van der Waals surface area contributed by atoms with E-state index < -0.39 is 29.9 Å². The molecule has 224 valence electrons. The fourth-order valence-corrected chi connectivity index (χ4v) is 4.44. The van der Waals surface area contributed by atoms with Gasteiger partial charge in [-0.1, -0.05) is 0 Å². The molecule has 2 amide bonds. The number of ether oxygens (including phenoxy) is 2. The van der Waals surface area contributed by atoms with E-state index in [4.69, 9.17) is 14.9 Å². The third-order valence-electron chi connectivity index (χ3n) is 6.81. The van der Waals surface area contributed by atoms with Gasteiger partial charge in [0.25, 0.3) is 0 Å². The first-order valence-corrected chi connectivity index (χ1v) is 13.5. The lowest BCUT2D eigenvalue weighted by molar-refractivity contribution is -0.123. The highest BCUT2D eigenvalue weighted by atomic mass is 19.1. The van der Waals surface area contributed by atoms with Crippen LogP contribution in [0.1, 0.15) is 17.7 Å². The number of likely N-dealkylation sites (N-methyl/N-ethyl adjacent to an activating group) is 1. The number of amides is 2. The molecule has 0 unspecified atom stereocenters. The Morgan fingerprint density at radius 3 is 2.24 bits per heavy atom. The first kappa shape index (κ1) is 30.5. The van der Waals surface area contributed by atoms with Gasteiger partial charge in [-0.15, -0.1) is 0 Å². The molecular weight excluding hydrogens is 548 g/mol. The normalized spacial score (nSPS) is 13.8. The third kappa shape index (κ3) is 8.04. The zero-order chi connectivity index (χ0) is 30.2. The molecule has 1 aromatic heterocycles. The molecule has 0 aliphatic carbocycles. The zero-order valence-electron chi connectivity index (χ0n) is 23.8. The van der Waals surface area contributed by atoms with Crippen LogP contribution in [0.15, 0.2) is 48.7 Å². The fraction of sp³-hybridized carbons (Fsp3) is 0.345. The van der Waals surface area contributed by atoms with Gasteiger partial charge in [-0.3, -0.25) is 24.6 Å². The number of hydrogen-bond donors (Lipinski definition) is 4. The van der Waals surface area contributed by atoms with Gasteiger partial charge in [-0.2, -0.15) is 0 Å². The van der Waals surface area contributed by atoms with Crippen LogP contribution in [0.2, 0.25) is 0 Å². The highest BCUT2D eigenvalue weighted by Crippen LogP contribution is 2.27. The molecule has 13 heteroatoms. The fourth-order valence-electron chi connectivity index (χ4n) is 4.44. The predicted molar refractivity (Wildman–Crippen MR) is 156 cm³/mol. The Labute approximate surface area is 242 Å². The molecule has 4 rings (SSSR count). The Morgan fingerprint density at radius 2 is 1.60 bits per heavy atom. The lowest BCUT2D eigenvalue weighted by Gasteiger charge is -2.32. The summed E-state index contributed by atoms with van der Waals surface area (Å²) in [7, 11) is 3.79. The SMILES string of the molecule is CNn1cc(OCCN2CCN(C)CC2)c(C)c1C(=N)Oc1ccc(NC(=O)CC(=O)Nc2ccc(F)cc2)cc1F. The number of anilines is 2. The van der Waals surface area contributed by atoms with E-state index in [1.807, 2.05) is 0 Å². The van der Waals surface area contributed by atoms with Crippen molar-refractivity contribution in [2.24, 2.45) is 0 Å². The molecule has 0 atom stereocenters. The van der Waals surface area contributed by atoms with Crippen molar-refractivity contribution in [3.05, 3.63) is 71.6 Å². The molecule has 1 saturated heterocycles. The van der Waals surface area contributed by atoms with E-state index in [-0.39, 0.29) is 17.3 Å². The minimum Gasteiger partial charge on any atom is -0.490 e. The molecule has 1 aliphatic rings. The van der Waals surface area contributed by atoms with Crippen molar-refractivity contribution in [1.82, 2.24) is 14.5 Å². The summed E-state index contributed by atoms with van der Waals surface area (Å²) in [4.78, 5) is 29.0. The van der Waals surface area contributed by atoms with Crippen molar-refractivity contribution in [3.8, 4) is 11.5 Å². The Morgan fingerprint density at radius 1 is 0.952 bits per heavy atom. The number of rotatable bonds is 11. The van der Waals surface area contributed by atoms with E-state index >= 15 is 0 Å². The molecule has 2 heterocycles. The van der Waals surface area contributed by atoms with Crippen LogP contribution in [0.4, 0.5) is 20.2 Å². The summed E-state index contributed by atoms with van der Waals surface area (Å²) in [6, 6.07) is 8.83. The quantitative estimate of drug-likeness (QED) is 0.155. The van der Waals surface area contributed by atoms with Gasteiger partial charge in [-0.25, -0.2) is 8.78 Å². The van der Waals surface area contributed by atoms with Crippen molar-refractivity contribution in [2.45, 2.75) is 13.3 Å². The van der Waals surface area contributed by atoms with Crippen LogP contribution in [0.25, 0.3) is 0 Å². The molecule has 2 aromatic carbocycles. The summed E-state index contributed by atoms with van der Waals surface area (Å²) < 4.78 is 41.0. The van der Waals surface area contributed by atoms with Gasteiger partial charge >= 0.3 is 0 Å². The molecule has 11 nitrogen and oxygen atoms in total. The first-order chi connectivity index (χ1) is 20.1. The van der Waals surface area contributed by atoms with Crippen LogP contribution >= 0.6 is 0 Å². The van der Waals surface area contributed by atoms with Crippen LogP contribution in [0.5, 0.6) is 11.5 Å². The maximum Gasteiger partial charge on any atom is 0.238 e. The smallest absolute Gasteiger partial charge is 0.238 e. The van der Waals surface area contributed by atoms with Gasteiger partial charge in [0.05, 0.1) is 6.20 Å². The minimum atomic E-state index is -0.808. The highest BCUT2D eigenvalue weighted by molar-refractivity contribution is 6.08. The van der Waals surface area contributed by atoms with Gasteiger partial charge in [0, 0.05) is 62.8 Å². The lowest BCUT2D eigenvalue weighted by Crippen LogP contribution is -2.45. The van der Waals surface area contributed by atoms with Crippen LogP contribution in [0, 0.1) is 24.0 Å². The number of piperazine rings is 1. The van der Waals surface area contributed by atoms with Gasteiger partial charge in [0.15, 0.2) is 11.6 Å². The number of hydrogen-bond acceptors (Lipinski definition) is 8. The molecule has 1 fully saturated rings. The molecule has 1 aliphatic heterocycles. The molecule has 0 bridgehead atoms. The van der Waals surface area contributed by atoms with Crippen molar-refractivity contribution >= 4 is 29.1 Å². The summed E-state index contributed by atoms with van der Waals surface area (Å²) in [6.45, 7) is 7.09. The number of carbonyl (C=O) groups is 2. The predicted octanol–water partition coefficient (Wildman–Crippen LogP) is 3.25. The van der Waals surface area contributed by atoms with Crippen molar-refractivity contribution in [1.29, 1.82) is 5.41 Å². The minimum absolute atomic E-state index is 0.108. The first-order valence-electron chi connectivity index (χ1n) is 13.5. The number of halogens is 2. The number of benzene rings is 2. The number of nitrogens with zero attached hydrogens (tertiary/aromatic N) is 3. The summed E-state index contributed by atoms with van der Waals surface area (Å²) in [5, 5.41) is 13.4. The Bertz CT molecular complexity index is 1420. The van der Waals surface area contributed by atoms with Gasteiger partial charge in [0.1, 0.15) is 30.3 Å². The van der Waals surface area contributed by atoms with E-state index in [1.54, 1.807) is 24.8 Å². The molecule has 42 heavy (non-hydrogen) atoms. The average Bonchev–Trinajstić information content (AvgIpc) is 3.27. The van der Waals surface area contributed by atoms with Crippen LogP contribution in [-0.2, 0) is 9.59 Å². The second-order valence-electron chi connectivity index (χ2n) is 9.91. The van der Waals surface area contributed by atoms with Gasteiger partial charge in [0.2, 0.25) is 17.7 Å². The second kappa shape index (κ2) is 13.9. The van der Waals surface area contributed by atoms with Crippen molar-refractivity contribution in [2.75, 3.05) is 69.5 Å². The van der Waals surface area contributed by atoms with Gasteiger partial charge < -0.3 is 30.4 Å². The maximum atomic E-state index is 14.9. The van der Waals surface area contributed by atoms with E-state index in [2.05, 4.69) is 32.9 Å². The van der Waals surface area contributed by atoms with Gasteiger partial charge in [-0.05, 0) is 50.4 Å². The Hall–Kier alpha value is -4.49. The third-order valence-corrected chi connectivity index (χ3v) is 6.81. The van der Waals surface area contributed by atoms with E-state index in [9.17, 15) is 18.4 Å². The van der Waals surface area contributed by atoms with Crippen molar-refractivity contribution < 1.29 is 27.8 Å². The number of carbonyl (C=O) groups excluding carboxylic acids is 2. The second-order valence-corrected chi connectivity index (χ2v) is 9.91. The number of nitrogens with one attached hydrogen (secondary N) is 4. The largest absolute Gasteiger partial charge is 0.490 e. The molecule has 0 saturated carbocycles. The van der Waals surface area contributed by atoms with E-state index in [0.717, 1.165) is 38.8 Å². The zero-order valence-corrected chi connectivity index (χ0v) is 23.8. The topological polar surface area (TPSA) is 124 Å². The molecular formula is C29H35F2N7O4. The van der Waals surface area contributed by atoms with Crippen LogP contribution in [0.3, 0.4) is 0 Å². The monoisotopic (exact) mass is 583 g/mol. The Kier molecular flexibility index (Phi) is 10.1. The summed E-state index contributed by atoms with van der Waals surface area (Å²) in [5.74, 6) is -2.47.